The van der Waals surface area contributed by atoms with Gasteiger partial charge in [0.2, 0.25) is 0 Å². The van der Waals surface area contributed by atoms with Gasteiger partial charge in [-0.25, -0.2) is 0 Å². The second-order valence-corrected chi connectivity index (χ2v) is 5.87. The van der Waals surface area contributed by atoms with E-state index in [0.29, 0.717) is 18.1 Å². The number of rotatable bonds is 5. The SMILES string of the molecule is COc1ccc(Br)cc1CNC(=O)c1cc(-c2cccnc2)on1. The maximum atomic E-state index is 12.2. The summed E-state index contributed by atoms with van der Waals surface area (Å²) in [4.78, 5) is 16.3. The number of aromatic nitrogens is 2. The zero-order valence-corrected chi connectivity index (χ0v) is 14.4. The molecular weight excluding hydrogens is 374 g/mol. The van der Waals surface area contributed by atoms with E-state index < -0.39 is 0 Å². The van der Waals surface area contributed by atoms with Gasteiger partial charge in [-0.2, -0.15) is 0 Å². The van der Waals surface area contributed by atoms with Gasteiger partial charge < -0.3 is 14.6 Å². The third-order valence-electron chi connectivity index (χ3n) is 3.37. The number of carbonyl (C=O) groups excluding carboxylic acids is 1. The highest BCUT2D eigenvalue weighted by Crippen LogP contribution is 2.23. The van der Waals surface area contributed by atoms with Gasteiger partial charge in [0.25, 0.3) is 5.91 Å². The number of nitrogens with one attached hydrogen (secondary N) is 1. The molecule has 6 nitrogen and oxygen atoms in total. The number of hydrogen-bond donors (Lipinski definition) is 1. The minimum absolute atomic E-state index is 0.211. The molecule has 0 bridgehead atoms. The summed E-state index contributed by atoms with van der Waals surface area (Å²) in [5, 5.41) is 6.61. The molecule has 0 aliphatic heterocycles. The number of halogens is 1. The van der Waals surface area contributed by atoms with Crippen molar-refractivity contribution in [3.8, 4) is 17.1 Å². The first-order valence-corrected chi connectivity index (χ1v) is 7.94. The maximum Gasteiger partial charge on any atom is 0.273 e. The van der Waals surface area contributed by atoms with E-state index in [1.807, 2.05) is 24.3 Å². The smallest absolute Gasteiger partial charge is 0.273 e. The van der Waals surface area contributed by atoms with Gasteiger partial charge >= 0.3 is 0 Å². The number of carbonyl (C=O) groups is 1. The molecule has 1 N–H and O–H groups in total. The van der Waals surface area contributed by atoms with E-state index in [1.54, 1.807) is 31.6 Å². The van der Waals surface area contributed by atoms with Gasteiger partial charge in [0.05, 0.1) is 7.11 Å². The second-order valence-electron chi connectivity index (χ2n) is 4.96. The average Bonchev–Trinajstić information content (AvgIpc) is 3.11. The molecule has 0 radical (unpaired) electrons. The molecule has 24 heavy (non-hydrogen) atoms. The summed E-state index contributed by atoms with van der Waals surface area (Å²) in [5.74, 6) is 0.874. The van der Waals surface area contributed by atoms with Gasteiger partial charge in [-0.3, -0.25) is 9.78 Å². The van der Waals surface area contributed by atoms with Crippen LogP contribution in [0.5, 0.6) is 5.75 Å². The molecule has 0 unspecified atom stereocenters. The van der Waals surface area contributed by atoms with Crippen LogP contribution in [0.1, 0.15) is 16.1 Å². The van der Waals surface area contributed by atoms with E-state index >= 15 is 0 Å². The fourth-order valence-electron chi connectivity index (χ4n) is 2.18. The van der Waals surface area contributed by atoms with Gasteiger partial charge in [-0.15, -0.1) is 0 Å². The first kappa shape index (κ1) is 16.2. The van der Waals surface area contributed by atoms with Crippen molar-refractivity contribution in [2.45, 2.75) is 6.54 Å². The number of ether oxygens (including phenoxy) is 1. The Kier molecular flexibility index (Phi) is 4.90. The summed E-state index contributed by atoms with van der Waals surface area (Å²) < 4.78 is 11.4. The number of benzene rings is 1. The van der Waals surface area contributed by atoms with E-state index in [9.17, 15) is 4.79 Å². The molecule has 2 heterocycles. The number of pyridine rings is 1. The summed E-state index contributed by atoms with van der Waals surface area (Å²) >= 11 is 3.41. The topological polar surface area (TPSA) is 77.2 Å². The molecule has 2 aromatic heterocycles. The molecule has 0 aliphatic carbocycles. The molecule has 1 amide bonds. The lowest BCUT2D eigenvalue weighted by atomic mass is 10.2. The molecule has 0 fully saturated rings. The Bertz CT molecular complexity index is 849. The van der Waals surface area contributed by atoms with Crippen LogP contribution < -0.4 is 10.1 Å². The van der Waals surface area contributed by atoms with Crippen molar-refractivity contribution in [1.82, 2.24) is 15.5 Å². The largest absolute Gasteiger partial charge is 0.496 e. The van der Waals surface area contributed by atoms with Crippen molar-refractivity contribution in [3.63, 3.8) is 0 Å². The molecule has 0 spiro atoms. The van der Waals surface area contributed by atoms with Crippen molar-refractivity contribution in [2.75, 3.05) is 7.11 Å². The highest BCUT2D eigenvalue weighted by molar-refractivity contribution is 9.10. The van der Waals surface area contributed by atoms with E-state index in [1.165, 1.54) is 0 Å². The third-order valence-corrected chi connectivity index (χ3v) is 3.86. The zero-order valence-electron chi connectivity index (χ0n) is 12.8. The van der Waals surface area contributed by atoms with Gasteiger partial charge in [-0.05, 0) is 30.3 Å². The number of nitrogens with zero attached hydrogens (tertiary/aromatic N) is 2. The van der Waals surface area contributed by atoms with Crippen LogP contribution in [0, 0.1) is 0 Å². The molecule has 122 valence electrons. The lowest BCUT2D eigenvalue weighted by Crippen LogP contribution is -2.23. The third kappa shape index (κ3) is 3.62. The molecule has 0 saturated carbocycles. The van der Waals surface area contributed by atoms with Crippen molar-refractivity contribution < 1.29 is 14.1 Å². The molecule has 1 aromatic carbocycles. The Hall–Kier alpha value is -2.67. The van der Waals surface area contributed by atoms with Crippen molar-refractivity contribution in [3.05, 3.63) is 64.5 Å². The average molecular weight is 388 g/mol. The second kappa shape index (κ2) is 7.27. The standard InChI is InChI=1S/C17H14BrN3O3/c1-23-15-5-4-13(18)7-12(15)10-20-17(22)14-8-16(24-21-14)11-3-2-6-19-9-11/h2-9H,10H2,1H3,(H,20,22). The monoisotopic (exact) mass is 387 g/mol. The highest BCUT2D eigenvalue weighted by atomic mass is 79.9. The van der Waals surface area contributed by atoms with Crippen LogP contribution in [0.25, 0.3) is 11.3 Å². The molecule has 3 aromatic rings. The fourth-order valence-corrected chi connectivity index (χ4v) is 2.59. The maximum absolute atomic E-state index is 12.2. The Morgan fingerprint density at radius 1 is 1.33 bits per heavy atom. The molecule has 0 atom stereocenters. The molecule has 3 rings (SSSR count). The van der Waals surface area contributed by atoms with Gasteiger partial charge in [0.15, 0.2) is 11.5 Å². The van der Waals surface area contributed by atoms with Crippen LogP contribution in [-0.2, 0) is 6.54 Å². The summed E-state index contributed by atoms with van der Waals surface area (Å²) in [7, 11) is 1.59. The number of methoxy groups -OCH3 is 1. The van der Waals surface area contributed by atoms with Gasteiger partial charge in [0.1, 0.15) is 5.75 Å². The van der Waals surface area contributed by atoms with E-state index in [2.05, 4.69) is 31.4 Å². The quantitative estimate of drug-likeness (QED) is 0.725. The minimum atomic E-state index is -0.323. The number of hydrogen-bond acceptors (Lipinski definition) is 5. The highest BCUT2D eigenvalue weighted by Gasteiger charge is 2.14. The van der Waals surface area contributed by atoms with Crippen LogP contribution in [0.15, 0.2) is 57.8 Å². The lowest BCUT2D eigenvalue weighted by molar-refractivity contribution is 0.0941. The van der Waals surface area contributed by atoms with Crippen LogP contribution in [-0.4, -0.2) is 23.2 Å². The van der Waals surface area contributed by atoms with Gasteiger partial charge in [0, 0.05) is 40.6 Å². The Labute approximate surface area is 147 Å². The fraction of sp³-hybridized carbons (Fsp3) is 0.118. The summed E-state index contributed by atoms with van der Waals surface area (Å²) in [6.45, 7) is 0.316. The normalized spacial score (nSPS) is 10.4. The lowest BCUT2D eigenvalue weighted by Gasteiger charge is -2.09. The van der Waals surface area contributed by atoms with Crippen LogP contribution in [0.2, 0.25) is 0 Å². The summed E-state index contributed by atoms with van der Waals surface area (Å²) in [5.41, 5.74) is 1.83. The number of amides is 1. The van der Waals surface area contributed by atoms with E-state index in [0.717, 1.165) is 15.6 Å². The predicted octanol–water partition coefficient (Wildman–Crippen LogP) is 3.44. The van der Waals surface area contributed by atoms with Crippen LogP contribution in [0.3, 0.4) is 0 Å². The van der Waals surface area contributed by atoms with Crippen molar-refractivity contribution >= 4 is 21.8 Å². The van der Waals surface area contributed by atoms with E-state index in [-0.39, 0.29) is 11.6 Å². The predicted molar refractivity (Wildman–Crippen MR) is 91.6 cm³/mol. The Morgan fingerprint density at radius 3 is 2.96 bits per heavy atom. The summed E-state index contributed by atoms with van der Waals surface area (Å²) in [6, 6.07) is 10.8. The first-order valence-electron chi connectivity index (χ1n) is 7.15. The van der Waals surface area contributed by atoms with Gasteiger partial charge in [-0.1, -0.05) is 21.1 Å². The van der Waals surface area contributed by atoms with E-state index in [4.69, 9.17) is 9.26 Å². The summed E-state index contributed by atoms with van der Waals surface area (Å²) in [6.07, 6.45) is 3.31. The van der Waals surface area contributed by atoms with Crippen molar-refractivity contribution in [1.29, 1.82) is 0 Å². The molecule has 0 saturated heterocycles. The van der Waals surface area contributed by atoms with Crippen LogP contribution in [0.4, 0.5) is 0 Å². The Morgan fingerprint density at radius 2 is 2.21 bits per heavy atom. The molecule has 0 aliphatic rings. The molecular formula is C17H14BrN3O3. The van der Waals surface area contributed by atoms with Crippen molar-refractivity contribution in [2.24, 2.45) is 0 Å². The first-order chi connectivity index (χ1) is 11.7. The zero-order chi connectivity index (χ0) is 16.9. The molecule has 7 heteroatoms. The van der Waals surface area contributed by atoms with Crippen LogP contribution >= 0.6 is 15.9 Å². The Balaban J connectivity index is 1.70. The minimum Gasteiger partial charge on any atom is -0.496 e.